The van der Waals surface area contributed by atoms with Crippen LogP contribution >= 0.6 is 0 Å². The molecule has 6 nitrogen and oxygen atoms in total. The number of aliphatic hydroxyl groups excluding tert-OH is 1. The van der Waals surface area contributed by atoms with Crippen LogP contribution in [-0.4, -0.2) is 90.2 Å². The van der Waals surface area contributed by atoms with Crippen molar-refractivity contribution in [3.63, 3.8) is 0 Å². The molecule has 0 unspecified atom stereocenters. The maximum absolute atomic E-state index is 11.2. The highest BCUT2D eigenvalue weighted by Gasteiger charge is 2.41. The van der Waals surface area contributed by atoms with Crippen LogP contribution in [0.1, 0.15) is 26.2 Å². The molecule has 3 saturated heterocycles. The second kappa shape index (κ2) is 7.59. The van der Waals surface area contributed by atoms with Gasteiger partial charge in [-0.1, -0.05) is 6.07 Å². The van der Waals surface area contributed by atoms with E-state index in [0.29, 0.717) is 12.1 Å². The zero-order chi connectivity index (χ0) is 19.0. The van der Waals surface area contributed by atoms with Crippen LogP contribution in [0.4, 0.5) is 5.69 Å². The van der Waals surface area contributed by atoms with Crippen LogP contribution in [0.25, 0.3) is 0 Å². The van der Waals surface area contributed by atoms with Gasteiger partial charge >= 0.3 is 0 Å². The predicted molar refractivity (Wildman–Crippen MR) is 106 cm³/mol. The molecule has 3 heterocycles. The molecule has 3 fully saturated rings. The first-order valence-electron chi connectivity index (χ1n) is 10.2. The minimum absolute atomic E-state index is 0.184. The van der Waals surface area contributed by atoms with Crippen molar-refractivity contribution in [2.24, 2.45) is 0 Å². The average Bonchev–Trinajstić information content (AvgIpc) is 3.01. The van der Waals surface area contributed by atoms with Crippen molar-refractivity contribution >= 4 is 5.69 Å². The summed E-state index contributed by atoms with van der Waals surface area (Å²) in [5.74, 6) is 0.874. The Balaban J connectivity index is 1.35. The zero-order valence-electron chi connectivity index (χ0n) is 16.5. The highest BCUT2D eigenvalue weighted by Crippen LogP contribution is 2.31. The van der Waals surface area contributed by atoms with Gasteiger partial charge in [0, 0.05) is 63.1 Å². The number of rotatable bonds is 4. The summed E-state index contributed by atoms with van der Waals surface area (Å²) in [7, 11) is 1.69. The highest BCUT2D eigenvalue weighted by molar-refractivity contribution is 5.51. The largest absolute Gasteiger partial charge is 0.497 e. The van der Waals surface area contributed by atoms with Gasteiger partial charge in [0.05, 0.1) is 18.8 Å². The normalized spacial score (nSPS) is 31.7. The SMILES string of the molecule is COc1cccc(N2CCC(O)(CN3C[C@H]4C[C@@H](O)CN4C[C@@H]3C)CC2)c1. The average molecular weight is 376 g/mol. The van der Waals surface area contributed by atoms with Gasteiger partial charge in [-0.15, -0.1) is 0 Å². The summed E-state index contributed by atoms with van der Waals surface area (Å²) < 4.78 is 5.34. The Morgan fingerprint density at radius 2 is 1.96 bits per heavy atom. The number of piperazine rings is 1. The molecule has 0 saturated carbocycles. The lowest BCUT2D eigenvalue weighted by Crippen LogP contribution is -2.60. The Bertz CT molecular complexity index is 647. The number of hydrogen-bond acceptors (Lipinski definition) is 6. The van der Waals surface area contributed by atoms with Crippen molar-refractivity contribution < 1.29 is 14.9 Å². The molecule has 0 spiro atoms. The topological polar surface area (TPSA) is 59.4 Å². The lowest BCUT2D eigenvalue weighted by Gasteiger charge is -2.47. The molecule has 3 aliphatic heterocycles. The van der Waals surface area contributed by atoms with E-state index < -0.39 is 5.60 Å². The second-order valence-electron chi connectivity index (χ2n) is 8.69. The fourth-order valence-corrected chi connectivity index (χ4v) is 5.02. The molecular formula is C21H33N3O3. The Labute approximate surface area is 162 Å². The number of aliphatic hydroxyl groups is 2. The first-order chi connectivity index (χ1) is 13.0. The second-order valence-corrected chi connectivity index (χ2v) is 8.69. The van der Waals surface area contributed by atoms with E-state index in [2.05, 4.69) is 33.8 Å². The number of hydrogen-bond donors (Lipinski definition) is 2. The molecule has 3 aliphatic rings. The molecule has 6 heteroatoms. The molecule has 4 rings (SSSR count). The number of β-amino-alcohol motifs (C(OH)–C–C–N with tert-alkyl or cyclic N) is 1. The summed E-state index contributed by atoms with van der Waals surface area (Å²) in [4.78, 5) is 7.20. The van der Waals surface area contributed by atoms with Gasteiger partial charge in [-0.2, -0.15) is 0 Å². The van der Waals surface area contributed by atoms with Crippen LogP contribution in [0.5, 0.6) is 5.75 Å². The number of nitrogens with zero attached hydrogens (tertiary/aromatic N) is 3. The molecule has 0 bridgehead atoms. The van der Waals surface area contributed by atoms with Gasteiger partial charge in [-0.3, -0.25) is 9.80 Å². The molecule has 0 aliphatic carbocycles. The summed E-state index contributed by atoms with van der Waals surface area (Å²) in [6.45, 7) is 7.47. The van der Waals surface area contributed by atoms with Crippen molar-refractivity contribution in [1.29, 1.82) is 0 Å². The molecule has 3 atom stereocenters. The molecule has 2 N–H and O–H groups in total. The van der Waals surface area contributed by atoms with Gasteiger partial charge in [0.2, 0.25) is 0 Å². The van der Waals surface area contributed by atoms with E-state index in [1.165, 1.54) is 5.69 Å². The van der Waals surface area contributed by atoms with E-state index in [9.17, 15) is 10.2 Å². The Morgan fingerprint density at radius 1 is 1.19 bits per heavy atom. The lowest BCUT2D eigenvalue weighted by atomic mass is 9.89. The first-order valence-corrected chi connectivity index (χ1v) is 10.2. The van der Waals surface area contributed by atoms with Gasteiger partial charge in [-0.05, 0) is 38.3 Å². The van der Waals surface area contributed by atoms with E-state index >= 15 is 0 Å². The highest BCUT2D eigenvalue weighted by atomic mass is 16.5. The predicted octanol–water partition coefficient (Wildman–Crippen LogP) is 1.17. The quantitative estimate of drug-likeness (QED) is 0.824. The van der Waals surface area contributed by atoms with Crippen molar-refractivity contribution in [3.05, 3.63) is 24.3 Å². The fourth-order valence-electron chi connectivity index (χ4n) is 5.02. The van der Waals surface area contributed by atoms with Crippen LogP contribution in [0.15, 0.2) is 24.3 Å². The summed E-state index contributed by atoms with van der Waals surface area (Å²) in [6.07, 6.45) is 2.25. The van der Waals surface area contributed by atoms with Gasteiger partial charge in [0.1, 0.15) is 5.75 Å². The summed E-state index contributed by atoms with van der Waals surface area (Å²) in [5.41, 5.74) is 0.543. The van der Waals surface area contributed by atoms with Crippen molar-refractivity contribution in [3.8, 4) is 5.75 Å². The van der Waals surface area contributed by atoms with E-state index in [1.54, 1.807) is 7.11 Å². The fraction of sp³-hybridized carbons (Fsp3) is 0.714. The third kappa shape index (κ3) is 4.09. The number of anilines is 1. The molecule has 1 aromatic carbocycles. The van der Waals surface area contributed by atoms with Crippen LogP contribution < -0.4 is 9.64 Å². The van der Waals surface area contributed by atoms with Gasteiger partial charge in [0.15, 0.2) is 0 Å². The van der Waals surface area contributed by atoms with Gasteiger partial charge in [0.25, 0.3) is 0 Å². The van der Waals surface area contributed by atoms with Gasteiger partial charge in [-0.25, -0.2) is 0 Å². The maximum atomic E-state index is 11.2. The van der Waals surface area contributed by atoms with Gasteiger partial charge < -0.3 is 19.8 Å². The standard InChI is InChI=1S/C21H33N3O3/c1-16-12-23-14-19(25)10-18(23)13-24(16)15-21(26)6-8-22(9-7-21)17-4-3-5-20(11-17)27-2/h3-5,11,16,18-19,25-26H,6-10,12-15H2,1-2H3/t16-,18+,19+/m0/s1. The summed E-state index contributed by atoms with van der Waals surface area (Å²) in [6, 6.07) is 9.02. The molecule has 150 valence electrons. The van der Waals surface area contributed by atoms with E-state index in [0.717, 1.165) is 64.3 Å². The number of fused-ring (bicyclic) bond motifs is 1. The van der Waals surface area contributed by atoms with Crippen LogP contribution in [-0.2, 0) is 0 Å². The van der Waals surface area contributed by atoms with Crippen molar-refractivity contribution in [2.75, 3.05) is 51.3 Å². The number of ether oxygens (including phenoxy) is 1. The monoisotopic (exact) mass is 375 g/mol. The van der Waals surface area contributed by atoms with Crippen LogP contribution in [0.3, 0.4) is 0 Å². The lowest BCUT2D eigenvalue weighted by molar-refractivity contribution is -0.0472. The molecule has 1 aromatic rings. The van der Waals surface area contributed by atoms with E-state index in [-0.39, 0.29) is 6.10 Å². The number of piperidine rings is 1. The minimum atomic E-state index is -0.622. The van der Waals surface area contributed by atoms with Crippen LogP contribution in [0.2, 0.25) is 0 Å². The molecule has 27 heavy (non-hydrogen) atoms. The molecular weight excluding hydrogens is 342 g/mol. The Hall–Kier alpha value is -1.34. The molecule has 0 radical (unpaired) electrons. The third-order valence-electron chi connectivity index (χ3n) is 6.68. The number of benzene rings is 1. The van der Waals surface area contributed by atoms with E-state index in [1.807, 2.05) is 12.1 Å². The molecule has 0 aromatic heterocycles. The minimum Gasteiger partial charge on any atom is -0.497 e. The number of methoxy groups -OCH3 is 1. The summed E-state index contributed by atoms with van der Waals surface area (Å²) >= 11 is 0. The smallest absolute Gasteiger partial charge is 0.120 e. The van der Waals surface area contributed by atoms with E-state index in [4.69, 9.17) is 4.74 Å². The first kappa shape index (κ1) is 19.0. The summed E-state index contributed by atoms with van der Waals surface area (Å²) in [5, 5.41) is 21.2. The third-order valence-corrected chi connectivity index (χ3v) is 6.68. The Morgan fingerprint density at radius 3 is 2.70 bits per heavy atom. The van der Waals surface area contributed by atoms with Crippen LogP contribution in [0, 0.1) is 0 Å². The Kier molecular flexibility index (Phi) is 5.34. The van der Waals surface area contributed by atoms with Crippen molar-refractivity contribution in [2.45, 2.75) is 50.0 Å². The van der Waals surface area contributed by atoms with Crippen molar-refractivity contribution in [1.82, 2.24) is 9.80 Å². The molecule has 0 amide bonds. The zero-order valence-corrected chi connectivity index (χ0v) is 16.5. The maximum Gasteiger partial charge on any atom is 0.120 e.